The largest absolute Gasteiger partial charge is 0.339 e. The van der Waals surface area contributed by atoms with Crippen molar-refractivity contribution in [2.24, 2.45) is 5.10 Å². The SMILES string of the molecule is CCCCN1C(=O)C(C#N)=NN(c2ccc(Cl)cc2)C1OCC. The summed E-state index contributed by atoms with van der Waals surface area (Å²) in [5, 5.41) is 15.5. The number of unbranched alkanes of at least 4 members (excludes halogenated alkanes) is 1. The Morgan fingerprint density at radius 3 is 2.61 bits per heavy atom. The Labute approximate surface area is 140 Å². The van der Waals surface area contributed by atoms with Gasteiger partial charge in [0.25, 0.3) is 5.91 Å². The number of amides is 1. The maximum atomic E-state index is 12.4. The molecule has 0 radical (unpaired) electrons. The van der Waals surface area contributed by atoms with Crippen LogP contribution in [0.1, 0.15) is 26.7 Å². The van der Waals surface area contributed by atoms with E-state index in [9.17, 15) is 10.1 Å². The van der Waals surface area contributed by atoms with Crippen molar-refractivity contribution in [3.63, 3.8) is 0 Å². The van der Waals surface area contributed by atoms with Crippen LogP contribution in [0.25, 0.3) is 0 Å². The number of anilines is 1. The molecule has 0 N–H and O–H groups in total. The van der Waals surface area contributed by atoms with Gasteiger partial charge in [-0.05, 0) is 37.6 Å². The van der Waals surface area contributed by atoms with Gasteiger partial charge in [-0.3, -0.25) is 9.69 Å². The zero-order valence-electron chi connectivity index (χ0n) is 13.2. The van der Waals surface area contributed by atoms with Crippen LogP contribution in [0.2, 0.25) is 5.02 Å². The Kier molecular flexibility index (Phi) is 5.97. The first-order chi connectivity index (χ1) is 11.1. The fourth-order valence-corrected chi connectivity index (χ4v) is 2.39. The van der Waals surface area contributed by atoms with Crippen molar-refractivity contribution in [1.82, 2.24) is 4.90 Å². The van der Waals surface area contributed by atoms with Crippen molar-refractivity contribution in [3.05, 3.63) is 29.3 Å². The average molecular weight is 335 g/mol. The highest BCUT2D eigenvalue weighted by molar-refractivity contribution is 6.45. The predicted molar refractivity (Wildman–Crippen MR) is 89.0 cm³/mol. The molecule has 1 atom stereocenters. The average Bonchev–Trinajstić information content (AvgIpc) is 2.56. The minimum atomic E-state index is -0.669. The third-order valence-corrected chi connectivity index (χ3v) is 3.66. The number of rotatable bonds is 6. The standard InChI is InChI=1S/C16H19ClN4O2/c1-3-5-10-20-15(22)14(11-18)19-21(16(20)23-4-2)13-8-6-12(17)7-9-13/h6-9,16H,3-5,10H2,1-2H3. The topological polar surface area (TPSA) is 68.9 Å². The summed E-state index contributed by atoms with van der Waals surface area (Å²) >= 11 is 5.92. The summed E-state index contributed by atoms with van der Waals surface area (Å²) in [6, 6.07) is 8.89. The molecule has 1 unspecified atom stereocenters. The maximum Gasteiger partial charge on any atom is 0.288 e. The van der Waals surface area contributed by atoms with Crippen LogP contribution < -0.4 is 5.01 Å². The van der Waals surface area contributed by atoms with E-state index in [4.69, 9.17) is 16.3 Å². The lowest BCUT2D eigenvalue weighted by molar-refractivity contribution is -0.140. The van der Waals surface area contributed by atoms with Gasteiger partial charge in [0.2, 0.25) is 12.1 Å². The van der Waals surface area contributed by atoms with Crippen LogP contribution in [0.3, 0.4) is 0 Å². The minimum Gasteiger partial charge on any atom is -0.339 e. The normalized spacial score (nSPS) is 17.9. The molecule has 1 aromatic rings. The van der Waals surface area contributed by atoms with E-state index in [-0.39, 0.29) is 5.71 Å². The number of nitrogens with zero attached hydrogens (tertiary/aromatic N) is 4. The molecule has 0 aromatic heterocycles. The fourth-order valence-electron chi connectivity index (χ4n) is 2.27. The van der Waals surface area contributed by atoms with E-state index in [0.717, 1.165) is 12.8 Å². The summed E-state index contributed by atoms with van der Waals surface area (Å²) in [6.45, 7) is 4.82. The van der Waals surface area contributed by atoms with Crippen LogP contribution >= 0.6 is 11.6 Å². The van der Waals surface area contributed by atoms with E-state index in [2.05, 4.69) is 5.10 Å². The molecule has 6 nitrogen and oxygen atoms in total. The van der Waals surface area contributed by atoms with Crippen molar-refractivity contribution in [2.45, 2.75) is 33.0 Å². The van der Waals surface area contributed by atoms with Gasteiger partial charge in [-0.2, -0.15) is 10.4 Å². The van der Waals surface area contributed by atoms with Gasteiger partial charge < -0.3 is 4.74 Å². The summed E-state index contributed by atoms with van der Waals surface area (Å²) < 4.78 is 5.73. The van der Waals surface area contributed by atoms with Crippen molar-refractivity contribution >= 4 is 28.9 Å². The number of carbonyl (C=O) groups excluding carboxylic acids is 1. The first kappa shape index (κ1) is 17.3. The Hall–Kier alpha value is -2.10. The number of benzene rings is 1. The molecule has 23 heavy (non-hydrogen) atoms. The van der Waals surface area contributed by atoms with E-state index >= 15 is 0 Å². The highest BCUT2D eigenvalue weighted by Crippen LogP contribution is 2.26. The summed E-state index contributed by atoms with van der Waals surface area (Å²) in [6.07, 6.45) is 1.09. The van der Waals surface area contributed by atoms with Gasteiger partial charge in [0.05, 0.1) is 5.69 Å². The molecular weight excluding hydrogens is 316 g/mol. The minimum absolute atomic E-state index is 0.146. The van der Waals surface area contributed by atoms with Gasteiger partial charge in [0, 0.05) is 18.2 Å². The Bertz CT molecular complexity index is 624. The zero-order valence-corrected chi connectivity index (χ0v) is 14.0. The van der Waals surface area contributed by atoms with Gasteiger partial charge in [0.1, 0.15) is 6.07 Å². The number of nitriles is 1. The fraction of sp³-hybridized carbons (Fsp3) is 0.438. The molecule has 0 aliphatic carbocycles. The van der Waals surface area contributed by atoms with E-state index in [1.807, 2.05) is 19.9 Å². The lowest BCUT2D eigenvalue weighted by atomic mass is 10.2. The van der Waals surface area contributed by atoms with Crippen molar-refractivity contribution < 1.29 is 9.53 Å². The Morgan fingerprint density at radius 1 is 1.35 bits per heavy atom. The third kappa shape index (κ3) is 3.81. The molecule has 0 saturated heterocycles. The molecule has 0 bridgehead atoms. The second-order valence-corrected chi connectivity index (χ2v) is 5.45. The Morgan fingerprint density at radius 2 is 2.04 bits per heavy atom. The molecule has 1 aromatic carbocycles. The number of hydrogen-bond acceptors (Lipinski definition) is 5. The smallest absolute Gasteiger partial charge is 0.288 e. The molecule has 0 fully saturated rings. The van der Waals surface area contributed by atoms with Crippen LogP contribution in [-0.2, 0) is 9.53 Å². The molecule has 1 heterocycles. The summed E-state index contributed by atoms with van der Waals surface area (Å²) in [5.41, 5.74) is 0.557. The number of hydrazone groups is 1. The number of ether oxygens (including phenoxy) is 1. The number of hydrogen-bond donors (Lipinski definition) is 0. The highest BCUT2D eigenvalue weighted by atomic mass is 35.5. The zero-order chi connectivity index (χ0) is 16.8. The van der Waals surface area contributed by atoms with E-state index in [1.54, 1.807) is 34.2 Å². The van der Waals surface area contributed by atoms with Crippen LogP contribution in [0.5, 0.6) is 0 Å². The van der Waals surface area contributed by atoms with Crippen LogP contribution in [0.4, 0.5) is 5.69 Å². The first-order valence-electron chi connectivity index (χ1n) is 7.58. The maximum absolute atomic E-state index is 12.4. The molecule has 7 heteroatoms. The molecule has 0 spiro atoms. The molecule has 1 aliphatic heterocycles. The summed E-state index contributed by atoms with van der Waals surface area (Å²) in [7, 11) is 0. The monoisotopic (exact) mass is 334 g/mol. The van der Waals surface area contributed by atoms with Gasteiger partial charge in [-0.25, -0.2) is 5.01 Å². The van der Waals surface area contributed by atoms with Crippen LogP contribution in [0.15, 0.2) is 29.4 Å². The van der Waals surface area contributed by atoms with Crippen molar-refractivity contribution in [3.8, 4) is 6.07 Å². The first-order valence-corrected chi connectivity index (χ1v) is 7.96. The molecular formula is C16H19ClN4O2. The lowest BCUT2D eigenvalue weighted by Crippen LogP contribution is -2.57. The molecule has 1 aliphatic rings. The van der Waals surface area contributed by atoms with E-state index in [0.29, 0.717) is 23.9 Å². The summed E-state index contributed by atoms with van der Waals surface area (Å²) in [5.74, 6) is -0.399. The van der Waals surface area contributed by atoms with Gasteiger partial charge >= 0.3 is 0 Å². The Balaban J connectivity index is 2.43. The van der Waals surface area contributed by atoms with Gasteiger partial charge in [-0.1, -0.05) is 24.9 Å². The van der Waals surface area contributed by atoms with Crippen molar-refractivity contribution in [1.29, 1.82) is 5.26 Å². The molecule has 2 rings (SSSR count). The van der Waals surface area contributed by atoms with Crippen LogP contribution in [-0.4, -0.2) is 36.0 Å². The second kappa shape index (κ2) is 7.95. The second-order valence-electron chi connectivity index (χ2n) is 5.02. The molecule has 1 amide bonds. The van der Waals surface area contributed by atoms with E-state index < -0.39 is 12.3 Å². The molecule has 122 valence electrons. The summed E-state index contributed by atoms with van der Waals surface area (Å²) in [4.78, 5) is 14.0. The number of halogens is 1. The predicted octanol–water partition coefficient (Wildman–Crippen LogP) is 2.99. The highest BCUT2D eigenvalue weighted by Gasteiger charge is 2.37. The van der Waals surface area contributed by atoms with Crippen LogP contribution in [0, 0.1) is 11.3 Å². The van der Waals surface area contributed by atoms with E-state index in [1.165, 1.54) is 0 Å². The molecule has 0 saturated carbocycles. The quantitative estimate of drug-likeness (QED) is 0.802. The lowest BCUT2D eigenvalue weighted by Gasteiger charge is -2.40. The number of carbonyl (C=O) groups is 1. The van der Waals surface area contributed by atoms with Crippen molar-refractivity contribution in [2.75, 3.05) is 18.2 Å². The van der Waals surface area contributed by atoms with Gasteiger partial charge in [-0.15, -0.1) is 0 Å². The third-order valence-electron chi connectivity index (χ3n) is 3.41. The van der Waals surface area contributed by atoms with Gasteiger partial charge in [0.15, 0.2) is 0 Å².